The minimum absolute atomic E-state index is 0.0113. The van der Waals surface area contributed by atoms with Crippen molar-refractivity contribution in [3.05, 3.63) is 29.8 Å². The molecule has 1 unspecified atom stereocenters. The second-order valence-corrected chi connectivity index (χ2v) is 5.03. The van der Waals surface area contributed by atoms with Gasteiger partial charge in [0, 0.05) is 31.9 Å². The zero-order valence-corrected chi connectivity index (χ0v) is 12.0. The highest BCUT2D eigenvalue weighted by Gasteiger charge is 2.26. The number of para-hydroxylation sites is 1. The van der Waals surface area contributed by atoms with Crippen molar-refractivity contribution in [1.82, 2.24) is 5.32 Å². The Balaban J connectivity index is 2.05. The fourth-order valence-corrected chi connectivity index (χ4v) is 2.64. The molecule has 1 aromatic carbocycles. The molecule has 5 nitrogen and oxygen atoms in total. The van der Waals surface area contributed by atoms with Crippen molar-refractivity contribution in [2.24, 2.45) is 5.73 Å². The third-order valence-corrected chi connectivity index (χ3v) is 3.70. The summed E-state index contributed by atoms with van der Waals surface area (Å²) in [5.74, 6) is 0.0113. The number of carbonyl (C=O) groups is 1. The van der Waals surface area contributed by atoms with E-state index in [1.54, 1.807) is 7.11 Å². The fraction of sp³-hybridized carbons (Fsp3) is 0.533. The Kier molecular flexibility index (Phi) is 5.38. The fourth-order valence-electron chi connectivity index (χ4n) is 2.64. The molecule has 1 aromatic rings. The zero-order valence-electron chi connectivity index (χ0n) is 12.0. The number of amides is 1. The minimum Gasteiger partial charge on any atom is -0.383 e. The van der Waals surface area contributed by atoms with Gasteiger partial charge in [0.2, 0.25) is 5.91 Å². The monoisotopic (exact) mass is 277 g/mol. The molecular weight excluding hydrogens is 254 g/mol. The van der Waals surface area contributed by atoms with Crippen molar-refractivity contribution in [3.63, 3.8) is 0 Å². The van der Waals surface area contributed by atoms with Crippen LogP contribution in [0.4, 0.5) is 5.69 Å². The Morgan fingerprint density at radius 1 is 1.50 bits per heavy atom. The first-order chi connectivity index (χ1) is 9.76. The summed E-state index contributed by atoms with van der Waals surface area (Å²) in [6.07, 6.45) is 2.03. The Bertz CT molecular complexity index is 450. The van der Waals surface area contributed by atoms with Crippen LogP contribution in [0.5, 0.6) is 0 Å². The van der Waals surface area contributed by atoms with E-state index in [4.69, 9.17) is 10.5 Å². The molecule has 1 atom stereocenters. The number of benzene rings is 1. The number of fused-ring (bicyclic) bond motifs is 1. The van der Waals surface area contributed by atoms with Gasteiger partial charge in [0.1, 0.15) is 0 Å². The summed E-state index contributed by atoms with van der Waals surface area (Å²) in [6.45, 7) is 1.99. The van der Waals surface area contributed by atoms with Gasteiger partial charge in [0.05, 0.1) is 13.2 Å². The molecule has 3 N–H and O–H groups in total. The molecule has 0 saturated heterocycles. The summed E-state index contributed by atoms with van der Waals surface area (Å²) in [5, 5.41) is 2.86. The van der Waals surface area contributed by atoms with Crippen molar-refractivity contribution >= 4 is 11.6 Å². The summed E-state index contributed by atoms with van der Waals surface area (Å²) in [6, 6.07) is 8.47. The Hall–Kier alpha value is -1.59. The number of rotatable bonds is 6. The van der Waals surface area contributed by atoms with Gasteiger partial charge in [-0.1, -0.05) is 18.2 Å². The Labute approximate surface area is 120 Å². The molecule has 1 heterocycles. The van der Waals surface area contributed by atoms with Crippen LogP contribution in [0.1, 0.15) is 12.0 Å². The van der Waals surface area contributed by atoms with E-state index >= 15 is 0 Å². The largest absolute Gasteiger partial charge is 0.383 e. The van der Waals surface area contributed by atoms with Crippen LogP contribution in [0.2, 0.25) is 0 Å². The summed E-state index contributed by atoms with van der Waals surface area (Å²) >= 11 is 0. The summed E-state index contributed by atoms with van der Waals surface area (Å²) in [5.41, 5.74) is 8.28. The minimum atomic E-state index is 0.0113. The van der Waals surface area contributed by atoms with Crippen LogP contribution in [-0.2, 0) is 16.0 Å². The smallest absolute Gasteiger partial charge is 0.239 e. The van der Waals surface area contributed by atoms with Crippen LogP contribution in [0.3, 0.4) is 0 Å². The maximum absolute atomic E-state index is 12.0. The molecule has 0 fully saturated rings. The molecule has 1 amide bonds. The van der Waals surface area contributed by atoms with E-state index in [1.807, 2.05) is 12.1 Å². The molecule has 0 aromatic heterocycles. The summed E-state index contributed by atoms with van der Waals surface area (Å²) < 4.78 is 4.93. The molecule has 0 saturated carbocycles. The number of aryl methyl sites for hydroxylation is 1. The topological polar surface area (TPSA) is 67.6 Å². The van der Waals surface area contributed by atoms with E-state index in [1.165, 1.54) is 5.56 Å². The number of hydrogen-bond donors (Lipinski definition) is 2. The molecule has 0 spiro atoms. The van der Waals surface area contributed by atoms with Crippen molar-refractivity contribution in [1.29, 1.82) is 0 Å². The number of nitrogens with zero attached hydrogens (tertiary/aromatic N) is 1. The van der Waals surface area contributed by atoms with Crippen molar-refractivity contribution in [2.75, 3.05) is 38.3 Å². The van der Waals surface area contributed by atoms with E-state index in [-0.39, 0.29) is 11.9 Å². The quantitative estimate of drug-likeness (QED) is 0.744. The standard InChI is InChI=1S/C15H23N3O2/c1-20-9-8-17-15(19)11-18-13(10-16)7-6-12-4-2-3-5-14(12)18/h2-5,13H,6-11,16H2,1H3,(H,17,19). The average molecular weight is 277 g/mol. The highest BCUT2D eigenvalue weighted by Crippen LogP contribution is 2.29. The first-order valence-corrected chi connectivity index (χ1v) is 7.06. The first kappa shape index (κ1) is 14.8. The molecule has 110 valence electrons. The third kappa shape index (κ3) is 3.49. The molecule has 1 aliphatic rings. The van der Waals surface area contributed by atoms with Crippen molar-refractivity contribution in [2.45, 2.75) is 18.9 Å². The second-order valence-electron chi connectivity index (χ2n) is 5.03. The number of nitrogens with one attached hydrogen (secondary N) is 1. The lowest BCUT2D eigenvalue weighted by molar-refractivity contribution is -0.120. The van der Waals surface area contributed by atoms with Gasteiger partial charge < -0.3 is 20.7 Å². The molecule has 1 aliphatic heterocycles. The maximum Gasteiger partial charge on any atom is 0.239 e. The summed E-state index contributed by atoms with van der Waals surface area (Å²) in [7, 11) is 1.62. The number of carbonyl (C=O) groups excluding carboxylic acids is 1. The van der Waals surface area contributed by atoms with E-state index in [2.05, 4.69) is 22.3 Å². The second kappa shape index (κ2) is 7.26. The maximum atomic E-state index is 12.0. The number of ether oxygens (including phenoxy) is 1. The molecule has 5 heteroatoms. The lowest BCUT2D eigenvalue weighted by atomic mass is 9.95. The molecule has 0 bridgehead atoms. The lowest BCUT2D eigenvalue weighted by Gasteiger charge is -2.38. The van der Waals surface area contributed by atoms with Gasteiger partial charge in [-0.25, -0.2) is 0 Å². The highest BCUT2D eigenvalue weighted by atomic mass is 16.5. The van der Waals surface area contributed by atoms with E-state index in [0.717, 1.165) is 18.5 Å². The van der Waals surface area contributed by atoms with Gasteiger partial charge in [0.25, 0.3) is 0 Å². The molecular formula is C15H23N3O2. The number of hydrogen-bond acceptors (Lipinski definition) is 4. The highest BCUT2D eigenvalue weighted by molar-refractivity contribution is 5.82. The van der Waals surface area contributed by atoms with Gasteiger partial charge in [-0.15, -0.1) is 0 Å². The number of anilines is 1. The number of methoxy groups -OCH3 is 1. The van der Waals surface area contributed by atoms with E-state index in [9.17, 15) is 4.79 Å². The number of nitrogens with two attached hydrogens (primary N) is 1. The van der Waals surface area contributed by atoms with E-state index < -0.39 is 0 Å². The van der Waals surface area contributed by atoms with Crippen LogP contribution in [0, 0.1) is 0 Å². The SMILES string of the molecule is COCCNC(=O)CN1c2ccccc2CCC1CN. The van der Waals surface area contributed by atoms with Crippen LogP contribution in [-0.4, -0.2) is 45.3 Å². The van der Waals surface area contributed by atoms with Gasteiger partial charge in [-0.2, -0.15) is 0 Å². The van der Waals surface area contributed by atoms with Gasteiger partial charge in [0.15, 0.2) is 0 Å². The Morgan fingerprint density at radius 3 is 3.05 bits per heavy atom. The summed E-state index contributed by atoms with van der Waals surface area (Å²) in [4.78, 5) is 14.1. The molecule has 0 aliphatic carbocycles. The van der Waals surface area contributed by atoms with Crippen molar-refractivity contribution < 1.29 is 9.53 Å². The van der Waals surface area contributed by atoms with Crippen molar-refractivity contribution in [3.8, 4) is 0 Å². The third-order valence-electron chi connectivity index (χ3n) is 3.70. The first-order valence-electron chi connectivity index (χ1n) is 7.06. The molecule has 2 rings (SSSR count). The normalized spacial score (nSPS) is 17.7. The van der Waals surface area contributed by atoms with Gasteiger partial charge in [-0.05, 0) is 24.5 Å². The van der Waals surface area contributed by atoms with Crippen LogP contribution in [0.15, 0.2) is 24.3 Å². The average Bonchev–Trinajstić information content (AvgIpc) is 2.48. The Morgan fingerprint density at radius 2 is 2.30 bits per heavy atom. The molecule has 20 heavy (non-hydrogen) atoms. The molecule has 0 radical (unpaired) electrons. The van der Waals surface area contributed by atoms with E-state index in [0.29, 0.717) is 26.2 Å². The predicted molar refractivity (Wildman–Crippen MR) is 79.8 cm³/mol. The van der Waals surface area contributed by atoms with Gasteiger partial charge >= 0.3 is 0 Å². The van der Waals surface area contributed by atoms with Gasteiger partial charge in [-0.3, -0.25) is 4.79 Å². The van der Waals surface area contributed by atoms with Crippen LogP contribution in [0.25, 0.3) is 0 Å². The predicted octanol–water partition coefficient (Wildman–Crippen LogP) is 0.529. The van der Waals surface area contributed by atoms with Crippen LogP contribution < -0.4 is 16.0 Å². The lowest BCUT2D eigenvalue weighted by Crippen LogP contribution is -2.49. The zero-order chi connectivity index (χ0) is 14.4. The van der Waals surface area contributed by atoms with Crippen LogP contribution >= 0.6 is 0 Å².